The predicted molar refractivity (Wildman–Crippen MR) is 68.6 cm³/mol. The summed E-state index contributed by atoms with van der Waals surface area (Å²) >= 11 is 0. The summed E-state index contributed by atoms with van der Waals surface area (Å²) in [6.07, 6.45) is 2.23. The van der Waals surface area contributed by atoms with Crippen LogP contribution < -0.4 is 5.32 Å². The Kier molecular flexibility index (Phi) is 4.12. The lowest BCUT2D eigenvalue weighted by molar-refractivity contribution is -0.0476. The monoisotopic (exact) mass is 256 g/mol. The molecule has 0 saturated carbocycles. The Morgan fingerprint density at radius 1 is 1.50 bits per heavy atom. The maximum Gasteiger partial charge on any atom is 0.407 e. The van der Waals surface area contributed by atoms with Gasteiger partial charge in [0.2, 0.25) is 0 Å². The SMILES string of the molecule is CC(C)(C)OC(=O)NCC1CN2CCCC2CO1. The van der Waals surface area contributed by atoms with Crippen molar-refractivity contribution in [3.8, 4) is 0 Å². The van der Waals surface area contributed by atoms with Gasteiger partial charge in [0.1, 0.15) is 5.60 Å². The van der Waals surface area contributed by atoms with Crippen molar-refractivity contribution in [1.82, 2.24) is 10.2 Å². The van der Waals surface area contributed by atoms with Crippen molar-refractivity contribution in [2.24, 2.45) is 0 Å². The summed E-state index contributed by atoms with van der Waals surface area (Å²) in [6, 6.07) is 0.600. The molecule has 1 amide bonds. The topological polar surface area (TPSA) is 50.8 Å². The van der Waals surface area contributed by atoms with E-state index in [1.807, 2.05) is 20.8 Å². The second-order valence-corrected chi connectivity index (χ2v) is 6.13. The van der Waals surface area contributed by atoms with Gasteiger partial charge >= 0.3 is 6.09 Å². The second-order valence-electron chi connectivity index (χ2n) is 6.13. The van der Waals surface area contributed by atoms with Gasteiger partial charge in [0, 0.05) is 19.1 Å². The zero-order valence-electron chi connectivity index (χ0n) is 11.6. The first-order valence-electron chi connectivity index (χ1n) is 6.76. The number of carbonyl (C=O) groups excluding carboxylic acids is 1. The molecular weight excluding hydrogens is 232 g/mol. The zero-order chi connectivity index (χ0) is 13.2. The van der Waals surface area contributed by atoms with Crippen LogP contribution in [0.4, 0.5) is 4.79 Å². The van der Waals surface area contributed by atoms with Gasteiger partial charge in [-0.25, -0.2) is 4.79 Å². The van der Waals surface area contributed by atoms with Gasteiger partial charge < -0.3 is 14.8 Å². The number of alkyl carbamates (subject to hydrolysis) is 1. The molecule has 1 N–H and O–H groups in total. The molecule has 2 aliphatic heterocycles. The van der Waals surface area contributed by atoms with Gasteiger partial charge in [0.25, 0.3) is 0 Å². The number of hydrogen-bond donors (Lipinski definition) is 1. The molecule has 2 atom stereocenters. The van der Waals surface area contributed by atoms with Crippen LogP contribution in [0.25, 0.3) is 0 Å². The lowest BCUT2D eigenvalue weighted by Gasteiger charge is -2.35. The number of fused-ring (bicyclic) bond motifs is 1. The van der Waals surface area contributed by atoms with Crippen LogP contribution in [0, 0.1) is 0 Å². The van der Waals surface area contributed by atoms with E-state index in [9.17, 15) is 4.79 Å². The van der Waals surface area contributed by atoms with Gasteiger partial charge in [-0.15, -0.1) is 0 Å². The quantitative estimate of drug-likeness (QED) is 0.811. The lowest BCUT2D eigenvalue weighted by Crippen LogP contribution is -2.50. The third-order valence-corrected chi connectivity index (χ3v) is 3.33. The molecule has 5 heteroatoms. The average molecular weight is 256 g/mol. The summed E-state index contributed by atoms with van der Waals surface area (Å²) in [5.74, 6) is 0. The highest BCUT2D eigenvalue weighted by atomic mass is 16.6. The zero-order valence-corrected chi connectivity index (χ0v) is 11.6. The van der Waals surface area contributed by atoms with Crippen molar-refractivity contribution in [3.63, 3.8) is 0 Å². The van der Waals surface area contributed by atoms with E-state index in [1.165, 1.54) is 12.8 Å². The fourth-order valence-corrected chi connectivity index (χ4v) is 2.52. The van der Waals surface area contributed by atoms with E-state index in [2.05, 4.69) is 10.2 Å². The van der Waals surface area contributed by atoms with Gasteiger partial charge in [0.15, 0.2) is 0 Å². The number of carbonyl (C=O) groups is 1. The smallest absolute Gasteiger partial charge is 0.407 e. The minimum atomic E-state index is -0.447. The molecule has 0 radical (unpaired) electrons. The van der Waals surface area contributed by atoms with Gasteiger partial charge in [-0.1, -0.05) is 0 Å². The minimum absolute atomic E-state index is 0.0897. The molecule has 2 saturated heterocycles. The van der Waals surface area contributed by atoms with Crippen LogP contribution in [0.15, 0.2) is 0 Å². The van der Waals surface area contributed by atoms with Crippen LogP contribution in [-0.4, -0.2) is 55.0 Å². The van der Waals surface area contributed by atoms with E-state index in [0.717, 1.165) is 19.7 Å². The molecule has 18 heavy (non-hydrogen) atoms. The lowest BCUT2D eigenvalue weighted by atomic mass is 10.2. The van der Waals surface area contributed by atoms with Crippen molar-refractivity contribution in [2.75, 3.05) is 26.2 Å². The number of hydrogen-bond acceptors (Lipinski definition) is 4. The summed E-state index contributed by atoms with van der Waals surface area (Å²) in [4.78, 5) is 14.0. The molecule has 2 unspecified atom stereocenters. The van der Waals surface area contributed by atoms with Gasteiger partial charge in [-0.3, -0.25) is 4.90 Å². The largest absolute Gasteiger partial charge is 0.444 e. The predicted octanol–water partition coefficient (Wildman–Crippen LogP) is 1.37. The molecular formula is C13H24N2O3. The highest BCUT2D eigenvalue weighted by Gasteiger charge is 2.32. The number of rotatable bonds is 2. The van der Waals surface area contributed by atoms with Crippen molar-refractivity contribution in [3.05, 3.63) is 0 Å². The molecule has 0 aromatic rings. The van der Waals surface area contributed by atoms with Crippen LogP contribution in [-0.2, 0) is 9.47 Å². The molecule has 0 aromatic carbocycles. The normalized spacial score (nSPS) is 28.8. The summed E-state index contributed by atoms with van der Waals surface area (Å²) < 4.78 is 11.0. The molecule has 0 aliphatic carbocycles. The summed E-state index contributed by atoms with van der Waals surface area (Å²) in [7, 11) is 0. The Bertz CT molecular complexity index is 301. The van der Waals surface area contributed by atoms with E-state index in [4.69, 9.17) is 9.47 Å². The van der Waals surface area contributed by atoms with Gasteiger partial charge in [0.05, 0.1) is 12.7 Å². The minimum Gasteiger partial charge on any atom is -0.444 e. The molecule has 2 heterocycles. The van der Waals surface area contributed by atoms with Crippen LogP contribution in [0.5, 0.6) is 0 Å². The first-order chi connectivity index (χ1) is 8.44. The van der Waals surface area contributed by atoms with Crippen LogP contribution in [0.3, 0.4) is 0 Å². The molecule has 0 bridgehead atoms. The summed E-state index contributed by atoms with van der Waals surface area (Å²) in [5, 5.41) is 2.78. The highest BCUT2D eigenvalue weighted by Crippen LogP contribution is 2.22. The Hall–Kier alpha value is -0.810. The van der Waals surface area contributed by atoms with E-state index in [1.54, 1.807) is 0 Å². The Morgan fingerprint density at radius 3 is 3.00 bits per heavy atom. The molecule has 0 spiro atoms. The van der Waals surface area contributed by atoms with E-state index in [-0.39, 0.29) is 12.2 Å². The average Bonchev–Trinajstić information content (AvgIpc) is 2.71. The van der Waals surface area contributed by atoms with Crippen molar-refractivity contribution < 1.29 is 14.3 Å². The standard InChI is InChI=1S/C13H24N2O3/c1-13(2,3)18-12(16)14-7-11-8-15-6-4-5-10(15)9-17-11/h10-11H,4-9H2,1-3H3,(H,14,16). The molecule has 5 nitrogen and oxygen atoms in total. The third kappa shape index (κ3) is 3.85. The van der Waals surface area contributed by atoms with Crippen molar-refractivity contribution in [2.45, 2.75) is 51.4 Å². The summed E-state index contributed by atoms with van der Waals surface area (Å²) in [6.45, 7) is 8.98. The maximum atomic E-state index is 11.5. The summed E-state index contributed by atoms with van der Waals surface area (Å²) in [5.41, 5.74) is -0.447. The molecule has 2 aliphatic rings. The van der Waals surface area contributed by atoms with E-state index in [0.29, 0.717) is 12.6 Å². The third-order valence-electron chi connectivity index (χ3n) is 3.33. The first-order valence-corrected chi connectivity index (χ1v) is 6.76. The molecule has 0 aromatic heterocycles. The number of nitrogens with zero attached hydrogens (tertiary/aromatic N) is 1. The van der Waals surface area contributed by atoms with E-state index >= 15 is 0 Å². The Balaban J connectivity index is 1.69. The van der Waals surface area contributed by atoms with E-state index < -0.39 is 5.60 Å². The van der Waals surface area contributed by atoms with Gasteiger partial charge in [-0.2, -0.15) is 0 Å². The highest BCUT2D eigenvalue weighted by molar-refractivity contribution is 5.67. The van der Waals surface area contributed by atoms with Crippen molar-refractivity contribution >= 4 is 6.09 Å². The fourth-order valence-electron chi connectivity index (χ4n) is 2.52. The molecule has 2 rings (SSSR count). The number of morpholine rings is 1. The Labute approximate surface area is 109 Å². The number of ether oxygens (including phenoxy) is 2. The Morgan fingerprint density at radius 2 is 2.28 bits per heavy atom. The maximum absolute atomic E-state index is 11.5. The number of amides is 1. The van der Waals surface area contributed by atoms with Crippen LogP contribution in [0.2, 0.25) is 0 Å². The fraction of sp³-hybridized carbons (Fsp3) is 0.923. The van der Waals surface area contributed by atoms with Crippen LogP contribution >= 0.6 is 0 Å². The second kappa shape index (κ2) is 5.45. The van der Waals surface area contributed by atoms with Gasteiger partial charge in [-0.05, 0) is 40.2 Å². The van der Waals surface area contributed by atoms with Crippen molar-refractivity contribution in [1.29, 1.82) is 0 Å². The number of nitrogens with one attached hydrogen (secondary N) is 1. The molecule has 104 valence electrons. The van der Waals surface area contributed by atoms with Crippen LogP contribution in [0.1, 0.15) is 33.6 Å². The first kappa shape index (κ1) is 13.6. The molecule has 2 fully saturated rings.